The minimum Gasteiger partial charge on any atom is -0.496 e. The molecule has 0 aliphatic carbocycles. The summed E-state index contributed by atoms with van der Waals surface area (Å²) in [4.78, 5) is 37.9. The van der Waals surface area contributed by atoms with E-state index in [1.54, 1.807) is 7.11 Å². The highest BCUT2D eigenvalue weighted by molar-refractivity contribution is 6.01. The summed E-state index contributed by atoms with van der Waals surface area (Å²) in [5.74, 6) is 0.158. The Bertz CT molecular complexity index is 678. The lowest BCUT2D eigenvalue weighted by molar-refractivity contribution is -0.121. The van der Waals surface area contributed by atoms with Crippen molar-refractivity contribution in [3.05, 3.63) is 23.3 Å². The van der Waals surface area contributed by atoms with E-state index in [2.05, 4.69) is 27.7 Å². The van der Waals surface area contributed by atoms with Crippen LogP contribution in [0.4, 0.5) is 5.69 Å². The fraction of sp³-hybridized carbons (Fsp3) is 0.654. The number of hydrogen-bond acceptors (Lipinski definition) is 5. The average Bonchev–Trinajstić information content (AvgIpc) is 2.70. The first-order valence-corrected chi connectivity index (χ1v) is 11.4. The molecular formula is C26H45NO4. The third-order valence-corrected chi connectivity index (χ3v) is 4.44. The minimum absolute atomic E-state index is 0.0317. The van der Waals surface area contributed by atoms with Gasteiger partial charge in [0.25, 0.3) is 0 Å². The largest absolute Gasteiger partial charge is 0.496 e. The highest BCUT2D eigenvalue weighted by Gasteiger charge is 2.23. The van der Waals surface area contributed by atoms with Gasteiger partial charge in [-0.1, -0.05) is 47.5 Å². The van der Waals surface area contributed by atoms with Crippen LogP contribution in [-0.2, 0) is 16.0 Å². The molecule has 0 N–H and O–H groups in total. The molecule has 1 unspecified atom stereocenters. The molecule has 0 spiro atoms. The van der Waals surface area contributed by atoms with Crippen molar-refractivity contribution in [1.29, 1.82) is 0 Å². The maximum absolute atomic E-state index is 12.9. The zero-order valence-electron chi connectivity index (χ0n) is 21.6. The number of benzene rings is 1. The first-order valence-electron chi connectivity index (χ1n) is 11.4. The van der Waals surface area contributed by atoms with Crippen LogP contribution in [0.1, 0.15) is 96.5 Å². The van der Waals surface area contributed by atoms with Gasteiger partial charge >= 0.3 is 0 Å². The van der Waals surface area contributed by atoms with Gasteiger partial charge < -0.3 is 14.4 Å². The molecule has 0 radical (unpaired) electrons. The summed E-state index contributed by atoms with van der Waals surface area (Å²) in [5.41, 5.74) is 2.33. The van der Waals surface area contributed by atoms with Gasteiger partial charge in [-0.15, -0.1) is 0 Å². The number of ether oxygens (including phenoxy) is 1. The van der Waals surface area contributed by atoms with Crippen molar-refractivity contribution >= 4 is 23.0 Å². The van der Waals surface area contributed by atoms with Crippen LogP contribution < -0.4 is 9.64 Å². The van der Waals surface area contributed by atoms with Gasteiger partial charge in [-0.05, 0) is 32.8 Å². The number of ketones is 3. The number of anilines is 1. The van der Waals surface area contributed by atoms with Gasteiger partial charge in [-0.3, -0.25) is 9.59 Å². The van der Waals surface area contributed by atoms with E-state index in [4.69, 9.17) is 4.74 Å². The molecule has 0 aromatic heterocycles. The average molecular weight is 436 g/mol. The smallest absolute Gasteiger partial charge is 0.164 e. The number of nitrogens with zero attached hydrogens (tertiary/aromatic N) is 1. The summed E-state index contributed by atoms with van der Waals surface area (Å²) in [7, 11) is 5.40. The van der Waals surface area contributed by atoms with E-state index < -0.39 is 5.92 Å². The second-order valence-corrected chi connectivity index (χ2v) is 8.01. The van der Waals surface area contributed by atoms with E-state index in [9.17, 15) is 14.4 Å². The maximum atomic E-state index is 12.9. The highest BCUT2D eigenvalue weighted by Crippen LogP contribution is 2.31. The zero-order valence-corrected chi connectivity index (χ0v) is 21.6. The summed E-state index contributed by atoms with van der Waals surface area (Å²) in [6.07, 6.45) is 4.02. The lowest BCUT2D eigenvalue weighted by atomic mass is 9.88. The number of Topliss-reactive ketones (excluding diaryl/α,β-unsaturated/α-hetero) is 3. The second-order valence-electron chi connectivity index (χ2n) is 8.01. The Morgan fingerprint density at radius 2 is 1.48 bits per heavy atom. The van der Waals surface area contributed by atoms with Crippen molar-refractivity contribution in [3.8, 4) is 5.75 Å². The second kappa shape index (κ2) is 17.5. The normalized spacial score (nSPS) is 10.6. The van der Waals surface area contributed by atoms with Crippen molar-refractivity contribution in [1.82, 2.24) is 0 Å². The molecule has 0 aliphatic heterocycles. The fourth-order valence-electron chi connectivity index (χ4n) is 2.84. The van der Waals surface area contributed by atoms with Gasteiger partial charge in [0, 0.05) is 55.7 Å². The molecule has 1 rings (SSSR count). The van der Waals surface area contributed by atoms with Crippen LogP contribution >= 0.6 is 0 Å². The summed E-state index contributed by atoms with van der Waals surface area (Å²) < 4.78 is 5.46. The molecule has 0 saturated carbocycles. The standard InChI is InChI=1S/C20H29NO4.2C3H8/c1-7-17-18(11-16(21(4)5)12-20(17)25-6)19(24)10-15(14(3)23)9-8-13(2)22;2*1-3-2/h11-12,15H,7-10H2,1-6H3;2*3H2,1-2H3. The van der Waals surface area contributed by atoms with Crippen molar-refractivity contribution in [2.24, 2.45) is 5.92 Å². The Morgan fingerprint density at radius 3 is 1.84 bits per heavy atom. The third-order valence-electron chi connectivity index (χ3n) is 4.44. The van der Waals surface area contributed by atoms with Crippen LogP contribution in [0.5, 0.6) is 5.75 Å². The lowest BCUT2D eigenvalue weighted by Gasteiger charge is -2.20. The molecular weight excluding hydrogens is 390 g/mol. The molecule has 178 valence electrons. The van der Waals surface area contributed by atoms with Gasteiger partial charge in [0.05, 0.1) is 7.11 Å². The Morgan fingerprint density at radius 1 is 0.968 bits per heavy atom. The van der Waals surface area contributed by atoms with Crippen LogP contribution in [0.3, 0.4) is 0 Å². The number of hydrogen-bond donors (Lipinski definition) is 0. The Labute approximate surface area is 190 Å². The van der Waals surface area contributed by atoms with E-state index in [0.29, 0.717) is 30.6 Å². The molecule has 5 nitrogen and oxygen atoms in total. The van der Waals surface area contributed by atoms with Gasteiger partial charge in [0.1, 0.15) is 17.3 Å². The molecule has 0 saturated heterocycles. The van der Waals surface area contributed by atoms with Gasteiger partial charge in [-0.2, -0.15) is 0 Å². The van der Waals surface area contributed by atoms with E-state index >= 15 is 0 Å². The maximum Gasteiger partial charge on any atom is 0.164 e. The molecule has 31 heavy (non-hydrogen) atoms. The van der Waals surface area contributed by atoms with Gasteiger partial charge in [0.2, 0.25) is 0 Å². The Balaban J connectivity index is 0. The number of rotatable bonds is 10. The summed E-state index contributed by atoms with van der Waals surface area (Å²) in [6.45, 7) is 13.5. The minimum atomic E-state index is -0.421. The number of carbonyl (C=O) groups excluding carboxylic acids is 3. The third kappa shape index (κ3) is 12.3. The van der Waals surface area contributed by atoms with Crippen LogP contribution in [0, 0.1) is 5.92 Å². The van der Waals surface area contributed by atoms with Crippen molar-refractivity contribution in [2.75, 3.05) is 26.1 Å². The number of carbonyl (C=O) groups is 3. The predicted octanol–water partition coefficient (Wildman–Crippen LogP) is 6.30. The van der Waals surface area contributed by atoms with E-state index in [-0.39, 0.29) is 23.8 Å². The van der Waals surface area contributed by atoms with Crippen LogP contribution in [0.25, 0.3) is 0 Å². The quantitative estimate of drug-likeness (QED) is 0.403. The summed E-state index contributed by atoms with van der Waals surface area (Å²) in [6, 6.07) is 3.76. The monoisotopic (exact) mass is 435 g/mol. The van der Waals surface area contributed by atoms with Gasteiger partial charge in [-0.25, -0.2) is 0 Å². The Hall–Kier alpha value is -2.17. The van der Waals surface area contributed by atoms with E-state index in [1.807, 2.05) is 38.1 Å². The van der Waals surface area contributed by atoms with Crippen molar-refractivity contribution in [2.45, 2.75) is 87.0 Å². The molecule has 1 aromatic carbocycles. The molecule has 0 bridgehead atoms. The van der Waals surface area contributed by atoms with Crippen LogP contribution in [0.15, 0.2) is 12.1 Å². The van der Waals surface area contributed by atoms with Crippen LogP contribution in [-0.4, -0.2) is 38.6 Å². The first-order chi connectivity index (χ1) is 14.5. The topological polar surface area (TPSA) is 63.7 Å². The summed E-state index contributed by atoms with van der Waals surface area (Å²) in [5, 5.41) is 0. The molecule has 1 atom stereocenters. The predicted molar refractivity (Wildman–Crippen MR) is 132 cm³/mol. The molecule has 0 aliphatic rings. The molecule has 5 heteroatoms. The van der Waals surface area contributed by atoms with Crippen molar-refractivity contribution < 1.29 is 19.1 Å². The zero-order chi connectivity index (χ0) is 24.6. The van der Waals surface area contributed by atoms with E-state index in [0.717, 1.165) is 11.3 Å². The van der Waals surface area contributed by atoms with E-state index in [1.165, 1.54) is 26.7 Å². The SMILES string of the molecule is CCC.CCC.CCc1c(OC)cc(N(C)C)cc1C(=O)CC(CCC(C)=O)C(C)=O. The van der Waals surface area contributed by atoms with Crippen LogP contribution in [0.2, 0.25) is 0 Å². The molecule has 0 heterocycles. The fourth-order valence-corrected chi connectivity index (χ4v) is 2.84. The van der Waals surface area contributed by atoms with Gasteiger partial charge in [0.15, 0.2) is 5.78 Å². The summed E-state index contributed by atoms with van der Waals surface area (Å²) >= 11 is 0. The molecule has 1 aromatic rings. The van der Waals surface area contributed by atoms with Crippen molar-refractivity contribution in [3.63, 3.8) is 0 Å². The Kier molecular flexibility index (Phi) is 17.5. The molecule has 0 amide bonds. The lowest BCUT2D eigenvalue weighted by Crippen LogP contribution is -2.19. The highest BCUT2D eigenvalue weighted by atomic mass is 16.5. The molecule has 0 fully saturated rings. The first kappa shape index (κ1) is 31.0. The number of methoxy groups -OCH3 is 1.